The van der Waals surface area contributed by atoms with Crippen LogP contribution in [0.25, 0.3) is 5.65 Å². The number of aromatic nitrogens is 5. The Morgan fingerprint density at radius 3 is 3.09 bits per heavy atom. The number of anilines is 1. The van der Waals surface area contributed by atoms with Crippen molar-refractivity contribution in [1.82, 2.24) is 29.9 Å². The Hall–Kier alpha value is -2.90. The Balaban J connectivity index is 1.72. The Bertz CT molecular complexity index is 820. The van der Waals surface area contributed by atoms with Crippen LogP contribution in [0.5, 0.6) is 0 Å². The van der Waals surface area contributed by atoms with E-state index in [0.29, 0.717) is 5.82 Å². The molecule has 8 nitrogen and oxygen atoms in total. The summed E-state index contributed by atoms with van der Waals surface area (Å²) in [5.74, 6) is 0.568. The van der Waals surface area contributed by atoms with Crippen molar-refractivity contribution in [3.8, 4) is 0 Å². The fourth-order valence-corrected chi connectivity index (χ4v) is 2.34. The van der Waals surface area contributed by atoms with Crippen LogP contribution in [-0.2, 0) is 11.2 Å². The van der Waals surface area contributed by atoms with E-state index in [-0.39, 0.29) is 24.3 Å². The summed E-state index contributed by atoms with van der Waals surface area (Å²) in [5.41, 5.74) is 8.22. The van der Waals surface area contributed by atoms with E-state index in [1.165, 1.54) is 0 Å². The normalized spacial score (nSPS) is 12.5. The molecule has 0 fully saturated rings. The summed E-state index contributed by atoms with van der Waals surface area (Å²) in [6.45, 7) is 3.80. The lowest BCUT2D eigenvalue weighted by Gasteiger charge is -2.10. The van der Waals surface area contributed by atoms with Crippen molar-refractivity contribution >= 4 is 17.5 Å². The molecule has 1 atom stereocenters. The predicted octanol–water partition coefficient (Wildman–Crippen LogP) is 0.763. The van der Waals surface area contributed by atoms with Crippen molar-refractivity contribution in [3.63, 3.8) is 0 Å². The fourth-order valence-electron chi connectivity index (χ4n) is 2.34. The molecule has 0 radical (unpaired) electrons. The topological polar surface area (TPSA) is 114 Å². The highest BCUT2D eigenvalue weighted by atomic mass is 16.1. The standard InChI is InChI=1S/C14H17N7O/c1-8-4-3-5-21-10(7-16-13(8)21)6-11(22)17-9(2)12-18-14(15)20-19-12/h3-5,7,9H,6H2,1-2H3,(H,17,22)(H3,15,18,19,20)/t9-/m1/s1. The van der Waals surface area contributed by atoms with Gasteiger partial charge in [-0.25, -0.2) is 4.98 Å². The molecule has 0 spiro atoms. The molecule has 0 aliphatic rings. The van der Waals surface area contributed by atoms with E-state index in [1.54, 1.807) is 6.20 Å². The van der Waals surface area contributed by atoms with Crippen LogP contribution in [-0.4, -0.2) is 30.5 Å². The zero-order valence-electron chi connectivity index (χ0n) is 12.4. The summed E-state index contributed by atoms with van der Waals surface area (Å²) in [6, 6.07) is 3.63. The first-order valence-electron chi connectivity index (χ1n) is 6.93. The lowest BCUT2D eigenvalue weighted by molar-refractivity contribution is -0.121. The predicted molar refractivity (Wildman–Crippen MR) is 81.0 cm³/mol. The monoisotopic (exact) mass is 299 g/mol. The lowest BCUT2D eigenvalue weighted by Crippen LogP contribution is -2.29. The van der Waals surface area contributed by atoms with Gasteiger partial charge in [0.15, 0.2) is 0 Å². The molecule has 0 saturated heterocycles. The first-order chi connectivity index (χ1) is 10.5. The Morgan fingerprint density at radius 1 is 1.55 bits per heavy atom. The minimum Gasteiger partial charge on any atom is -0.367 e. The number of nitrogen functional groups attached to an aromatic ring is 1. The summed E-state index contributed by atoms with van der Waals surface area (Å²) < 4.78 is 1.92. The molecular weight excluding hydrogens is 282 g/mol. The minimum absolute atomic E-state index is 0.120. The highest BCUT2D eigenvalue weighted by Crippen LogP contribution is 2.12. The minimum atomic E-state index is -0.293. The number of hydrogen-bond acceptors (Lipinski definition) is 5. The van der Waals surface area contributed by atoms with Gasteiger partial charge in [-0.3, -0.25) is 9.89 Å². The molecule has 0 aromatic carbocycles. The first-order valence-corrected chi connectivity index (χ1v) is 6.93. The molecule has 3 aromatic rings. The van der Waals surface area contributed by atoms with E-state index in [9.17, 15) is 4.79 Å². The van der Waals surface area contributed by atoms with Gasteiger partial charge in [-0.1, -0.05) is 6.07 Å². The van der Waals surface area contributed by atoms with E-state index in [2.05, 4.69) is 25.5 Å². The van der Waals surface area contributed by atoms with Crippen LogP contribution in [0.3, 0.4) is 0 Å². The van der Waals surface area contributed by atoms with Crippen molar-refractivity contribution in [1.29, 1.82) is 0 Å². The number of fused-ring (bicyclic) bond motifs is 1. The highest BCUT2D eigenvalue weighted by Gasteiger charge is 2.15. The largest absolute Gasteiger partial charge is 0.367 e. The number of nitrogens with two attached hydrogens (primary N) is 1. The smallest absolute Gasteiger partial charge is 0.239 e. The molecule has 1 amide bonds. The maximum atomic E-state index is 12.2. The van der Waals surface area contributed by atoms with Gasteiger partial charge in [0.05, 0.1) is 18.2 Å². The van der Waals surface area contributed by atoms with E-state index in [4.69, 9.17) is 5.73 Å². The third kappa shape index (κ3) is 2.62. The van der Waals surface area contributed by atoms with E-state index >= 15 is 0 Å². The number of imidazole rings is 1. The van der Waals surface area contributed by atoms with Crippen LogP contribution >= 0.6 is 0 Å². The van der Waals surface area contributed by atoms with Crippen LogP contribution in [0.4, 0.5) is 5.95 Å². The van der Waals surface area contributed by atoms with Gasteiger partial charge in [0.2, 0.25) is 11.9 Å². The fraction of sp³-hybridized carbons (Fsp3) is 0.286. The van der Waals surface area contributed by atoms with Crippen LogP contribution in [0, 0.1) is 6.92 Å². The second-order valence-corrected chi connectivity index (χ2v) is 5.18. The van der Waals surface area contributed by atoms with E-state index in [1.807, 2.05) is 36.6 Å². The first kappa shape index (κ1) is 14.1. The molecule has 0 aliphatic heterocycles. The Labute approximate surface area is 126 Å². The third-order valence-corrected chi connectivity index (χ3v) is 3.46. The van der Waals surface area contributed by atoms with Crippen LogP contribution in [0.15, 0.2) is 24.5 Å². The molecule has 8 heteroatoms. The maximum Gasteiger partial charge on any atom is 0.239 e. The molecule has 0 aliphatic carbocycles. The third-order valence-electron chi connectivity index (χ3n) is 3.46. The molecule has 114 valence electrons. The van der Waals surface area contributed by atoms with Gasteiger partial charge in [0, 0.05) is 12.4 Å². The van der Waals surface area contributed by atoms with Crippen molar-refractivity contribution in [3.05, 3.63) is 41.6 Å². The average molecular weight is 299 g/mol. The highest BCUT2D eigenvalue weighted by molar-refractivity contribution is 5.78. The van der Waals surface area contributed by atoms with Gasteiger partial charge in [-0.15, -0.1) is 5.10 Å². The Morgan fingerprint density at radius 2 is 2.36 bits per heavy atom. The molecule has 22 heavy (non-hydrogen) atoms. The summed E-state index contributed by atoms with van der Waals surface area (Å²) in [4.78, 5) is 20.5. The van der Waals surface area contributed by atoms with Gasteiger partial charge >= 0.3 is 0 Å². The van der Waals surface area contributed by atoms with Crippen molar-refractivity contribution in [2.45, 2.75) is 26.3 Å². The molecule has 3 aromatic heterocycles. The molecule has 0 unspecified atom stereocenters. The number of carbonyl (C=O) groups is 1. The number of rotatable bonds is 4. The van der Waals surface area contributed by atoms with Crippen molar-refractivity contribution in [2.24, 2.45) is 0 Å². The molecule has 4 N–H and O–H groups in total. The number of carbonyl (C=O) groups excluding carboxylic acids is 1. The zero-order valence-corrected chi connectivity index (χ0v) is 12.4. The second kappa shape index (κ2) is 5.47. The number of amides is 1. The second-order valence-electron chi connectivity index (χ2n) is 5.18. The van der Waals surface area contributed by atoms with Gasteiger partial charge in [0.1, 0.15) is 11.5 Å². The maximum absolute atomic E-state index is 12.2. The van der Waals surface area contributed by atoms with Crippen LogP contribution in [0.2, 0.25) is 0 Å². The number of aryl methyl sites for hydroxylation is 1. The van der Waals surface area contributed by atoms with E-state index in [0.717, 1.165) is 16.9 Å². The summed E-state index contributed by atoms with van der Waals surface area (Å²) in [6.07, 6.45) is 3.86. The molecule has 0 saturated carbocycles. The van der Waals surface area contributed by atoms with Crippen LogP contribution < -0.4 is 11.1 Å². The zero-order chi connectivity index (χ0) is 15.7. The number of hydrogen-bond donors (Lipinski definition) is 3. The summed E-state index contributed by atoms with van der Waals surface area (Å²) in [5, 5.41) is 9.29. The number of nitrogens with one attached hydrogen (secondary N) is 2. The van der Waals surface area contributed by atoms with Crippen molar-refractivity contribution < 1.29 is 4.79 Å². The average Bonchev–Trinajstić information content (AvgIpc) is 3.07. The van der Waals surface area contributed by atoms with Crippen LogP contribution in [0.1, 0.15) is 30.0 Å². The molecular formula is C14H17N7O. The number of aromatic amines is 1. The number of nitrogens with zero attached hydrogens (tertiary/aromatic N) is 4. The van der Waals surface area contributed by atoms with Gasteiger partial charge in [-0.05, 0) is 25.5 Å². The molecule has 3 rings (SSSR count). The summed E-state index contributed by atoms with van der Waals surface area (Å²) in [7, 11) is 0. The molecule has 3 heterocycles. The van der Waals surface area contributed by atoms with E-state index < -0.39 is 0 Å². The Kier molecular flexibility index (Phi) is 3.50. The number of pyridine rings is 1. The van der Waals surface area contributed by atoms with Gasteiger partial charge in [0.25, 0.3) is 0 Å². The lowest BCUT2D eigenvalue weighted by atomic mass is 10.2. The molecule has 0 bridgehead atoms. The number of H-pyrrole nitrogens is 1. The summed E-state index contributed by atoms with van der Waals surface area (Å²) >= 11 is 0. The SMILES string of the molecule is Cc1cccn2c(CC(=O)N[C@H](C)c3nc(N)n[nH]3)cnc12. The quantitative estimate of drug-likeness (QED) is 0.658. The van der Waals surface area contributed by atoms with Gasteiger partial charge in [-0.2, -0.15) is 4.98 Å². The van der Waals surface area contributed by atoms with Gasteiger partial charge < -0.3 is 15.5 Å². The van der Waals surface area contributed by atoms with Crippen molar-refractivity contribution in [2.75, 3.05) is 5.73 Å².